The molecule has 3 nitrogen and oxygen atoms in total. The molecule has 0 fully saturated rings. The van der Waals surface area contributed by atoms with Gasteiger partial charge < -0.3 is 10.1 Å². The molecule has 0 aliphatic heterocycles. The van der Waals surface area contributed by atoms with Crippen molar-refractivity contribution in [2.75, 3.05) is 7.11 Å². The van der Waals surface area contributed by atoms with Gasteiger partial charge in [-0.15, -0.1) is 0 Å². The Morgan fingerprint density at radius 3 is 2.71 bits per heavy atom. The Balaban J connectivity index is 2.67. The molecule has 0 unspecified atom stereocenters. The minimum Gasteiger partial charge on any atom is -0.495 e. The first-order valence-corrected chi connectivity index (χ1v) is 4.76. The Labute approximate surface area is 85.5 Å². The second-order valence-corrected chi connectivity index (χ2v) is 4.26. The van der Waals surface area contributed by atoms with E-state index in [-0.39, 0.29) is 5.54 Å². The van der Waals surface area contributed by atoms with Crippen molar-refractivity contribution in [3.63, 3.8) is 0 Å². The van der Waals surface area contributed by atoms with E-state index in [9.17, 15) is 0 Å². The Morgan fingerprint density at radius 1 is 1.43 bits per heavy atom. The summed E-state index contributed by atoms with van der Waals surface area (Å²) in [5, 5.41) is 3.37. The summed E-state index contributed by atoms with van der Waals surface area (Å²) in [6.07, 6.45) is 1.78. The molecule has 0 aliphatic rings. The zero-order valence-electron chi connectivity index (χ0n) is 9.29. The third kappa shape index (κ3) is 3.34. The van der Waals surface area contributed by atoms with Gasteiger partial charge in [0.15, 0.2) is 0 Å². The molecule has 0 amide bonds. The van der Waals surface area contributed by atoms with Crippen LogP contribution < -0.4 is 10.1 Å². The van der Waals surface area contributed by atoms with E-state index in [4.69, 9.17) is 4.74 Å². The highest BCUT2D eigenvalue weighted by Crippen LogP contribution is 2.14. The quantitative estimate of drug-likeness (QED) is 0.799. The molecule has 1 aromatic heterocycles. The molecule has 1 aromatic rings. The molecule has 3 heteroatoms. The van der Waals surface area contributed by atoms with Gasteiger partial charge in [-0.05, 0) is 32.9 Å². The third-order valence-corrected chi connectivity index (χ3v) is 1.85. The average molecular weight is 194 g/mol. The Morgan fingerprint density at radius 2 is 2.14 bits per heavy atom. The predicted molar refractivity (Wildman–Crippen MR) is 57.4 cm³/mol. The number of rotatable bonds is 3. The zero-order chi connectivity index (χ0) is 10.6. The summed E-state index contributed by atoms with van der Waals surface area (Å²) in [5.74, 6) is 0.837. The van der Waals surface area contributed by atoms with Gasteiger partial charge in [0, 0.05) is 18.3 Å². The van der Waals surface area contributed by atoms with Crippen LogP contribution in [0.3, 0.4) is 0 Å². The van der Waals surface area contributed by atoms with Crippen LogP contribution in [0.15, 0.2) is 18.3 Å². The Hall–Kier alpha value is -1.09. The van der Waals surface area contributed by atoms with Crippen molar-refractivity contribution in [2.45, 2.75) is 32.9 Å². The topological polar surface area (TPSA) is 34.1 Å². The molecule has 78 valence electrons. The molecule has 0 bridgehead atoms. The van der Waals surface area contributed by atoms with Gasteiger partial charge in [-0.1, -0.05) is 0 Å². The SMILES string of the molecule is COc1cccnc1CNC(C)(C)C. The lowest BCUT2D eigenvalue weighted by atomic mass is 10.1. The standard InChI is InChI=1S/C11H18N2O/c1-11(2,3)13-8-9-10(14-4)6-5-7-12-9/h5-7,13H,8H2,1-4H3. The smallest absolute Gasteiger partial charge is 0.141 e. The van der Waals surface area contributed by atoms with Crippen LogP contribution in [0, 0.1) is 0 Å². The average Bonchev–Trinajstić information content (AvgIpc) is 2.14. The number of ether oxygens (including phenoxy) is 1. The van der Waals surface area contributed by atoms with Crippen LogP contribution in [0.25, 0.3) is 0 Å². The zero-order valence-corrected chi connectivity index (χ0v) is 9.29. The highest BCUT2D eigenvalue weighted by molar-refractivity contribution is 5.26. The van der Waals surface area contributed by atoms with Gasteiger partial charge in [0.1, 0.15) is 5.75 Å². The van der Waals surface area contributed by atoms with Crippen molar-refractivity contribution < 1.29 is 4.74 Å². The minimum absolute atomic E-state index is 0.0997. The lowest BCUT2D eigenvalue weighted by Gasteiger charge is -2.20. The van der Waals surface area contributed by atoms with Crippen LogP contribution in [-0.2, 0) is 6.54 Å². The highest BCUT2D eigenvalue weighted by Gasteiger charge is 2.10. The Kier molecular flexibility index (Phi) is 3.47. The summed E-state index contributed by atoms with van der Waals surface area (Å²) in [5.41, 5.74) is 1.05. The molecule has 0 aromatic carbocycles. The molecule has 1 N–H and O–H groups in total. The number of nitrogens with one attached hydrogen (secondary N) is 1. The van der Waals surface area contributed by atoms with Gasteiger partial charge in [-0.2, -0.15) is 0 Å². The van der Waals surface area contributed by atoms with Crippen LogP contribution in [0.1, 0.15) is 26.5 Å². The number of nitrogens with zero attached hydrogens (tertiary/aromatic N) is 1. The minimum atomic E-state index is 0.0997. The summed E-state index contributed by atoms with van der Waals surface area (Å²) >= 11 is 0. The van der Waals surface area contributed by atoms with E-state index in [2.05, 4.69) is 31.1 Å². The van der Waals surface area contributed by atoms with Gasteiger partial charge >= 0.3 is 0 Å². The molecule has 0 radical (unpaired) electrons. The first-order chi connectivity index (χ1) is 6.53. The van der Waals surface area contributed by atoms with Crippen LogP contribution in [0.2, 0.25) is 0 Å². The van der Waals surface area contributed by atoms with Crippen LogP contribution >= 0.6 is 0 Å². The van der Waals surface area contributed by atoms with E-state index in [1.807, 2.05) is 12.1 Å². The highest BCUT2D eigenvalue weighted by atomic mass is 16.5. The summed E-state index contributed by atoms with van der Waals surface area (Å²) in [4.78, 5) is 4.27. The molecular weight excluding hydrogens is 176 g/mol. The number of methoxy groups -OCH3 is 1. The van der Waals surface area contributed by atoms with Crippen LogP contribution in [0.4, 0.5) is 0 Å². The maximum Gasteiger partial charge on any atom is 0.141 e. The monoisotopic (exact) mass is 194 g/mol. The van der Waals surface area contributed by atoms with Gasteiger partial charge in [-0.3, -0.25) is 4.98 Å². The number of hydrogen-bond acceptors (Lipinski definition) is 3. The van der Waals surface area contributed by atoms with Gasteiger partial charge in [-0.25, -0.2) is 0 Å². The van der Waals surface area contributed by atoms with E-state index in [0.29, 0.717) is 0 Å². The van der Waals surface area contributed by atoms with E-state index in [1.165, 1.54) is 0 Å². The summed E-state index contributed by atoms with van der Waals surface area (Å²) in [6, 6.07) is 3.80. The Bertz CT molecular complexity index is 292. The molecule has 0 saturated heterocycles. The molecule has 0 saturated carbocycles. The predicted octanol–water partition coefficient (Wildman–Crippen LogP) is 1.98. The fourth-order valence-electron chi connectivity index (χ4n) is 1.09. The lowest BCUT2D eigenvalue weighted by Crippen LogP contribution is -2.35. The number of pyridine rings is 1. The van der Waals surface area contributed by atoms with Crippen molar-refractivity contribution in [1.82, 2.24) is 10.3 Å². The first kappa shape index (κ1) is 11.0. The van der Waals surface area contributed by atoms with Crippen molar-refractivity contribution in [3.05, 3.63) is 24.0 Å². The molecule has 1 rings (SSSR count). The molecule has 14 heavy (non-hydrogen) atoms. The summed E-state index contributed by atoms with van der Waals surface area (Å²) < 4.78 is 5.21. The van der Waals surface area contributed by atoms with E-state index in [0.717, 1.165) is 18.0 Å². The fourth-order valence-corrected chi connectivity index (χ4v) is 1.09. The summed E-state index contributed by atoms with van der Waals surface area (Å²) in [7, 11) is 1.66. The van der Waals surface area contributed by atoms with Gasteiger partial charge in [0.2, 0.25) is 0 Å². The summed E-state index contributed by atoms with van der Waals surface area (Å²) in [6.45, 7) is 7.11. The molecule has 0 atom stereocenters. The van der Waals surface area contributed by atoms with E-state index < -0.39 is 0 Å². The maximum absolute atomic E-state index is 5.21. The molecule has 0 aliphatic carbocycles. The third-order valence-electron chi connectivity index (χ3n) is 1.85. The fraction of sp³-hybridized carbons (Fsp3) is 0.545. The first-order valence-electron chi connectivity index (χ1n) is 4.76. The van der Waals surface area contributed by atoms with E-state index >= 15 is 0 Å². The van der Waals surface area contributed by atoms with Crippen LogP contribution in [0.5, 0.6) is 5.75 Å². The lowest BCUT2D eigenvalue weighted by molar-refractivity contribution is 0.387. The van der Waals surface area contributed by atoms with Crippen molar-refractivity contribution >= 4 is 0 Å². The second kappa shape index (κ2) is 4.42. The largest absolute Gasteiger partial charge is 0.495 e. The molecule has 0 spiro atoms. The van der Waals surface area contributed by atoms with Gasteiger partial charge in [0.05, 0.1) is 12.8 Å². The normalized spacial score (nSPS) is 11.4. The molecular formula is C11H18N2O. The van der Waals surface area contributed by atoms with Crippen molar-refractivity contribution in [3.8, 4) is 5.75 Å². The second-order valence-electron chi connectivity index (χ2n) is 4.26. The van der Waals surface area contributed by atoms with Crippen molar-refractivity contribution in [1.29, 1.82) is 0 Å². The van der Waals surface area contributed by atoms with Crippen molar-refractivity contribution in [2.24, 2.45) is 0 Å². The number of hydrogen-bond donors (Lipinski definition) is 1. The van der Waals surface area contributed by atoms with E-state index in [1.54, 1.807) is 13.3 Å². The number of aromatic nitrogens is 1. The van der Waals surface area contributed by atoms with Crippen LogP contribution in [-0.4, -0.2) is 17.6 Å². The molecule has 1 heterocycles. The maximum atomic E-state index is 5.21. The van der Waals surface area contributed by atoms with Gasteiger partial charge in [0.25, 0.3) is 0 Å².